The van der Waals surface area contributed by atoms with Gasteiger partial charge in [-0.1, -0.05) is 42.5 Å². The first-order valence-electron chi connectivity index (χ1n) is 10.5. The normalized spacial score (nSPS) is 11.8. The predicted molar refractivity (Wildman–Crippen MR) is 134 cm³/mol. The summed E-state index contributed by atoms with van der Waals surface area (Å²) >= 11 is 0. The van der Waals surface area contributed by atoms with Crippen LogP contribution in [0.1, 0.15) is 0 Å². The maximum atomic E-state index is 13.3. The molecule has 0 radical (unpaired) electrons. The van der Waals surface area contributed by atoms with Gasteiger partial charge >= 0.3 is 0 Å². The van der Waals surface area contributed by atoms with Gasteiger partial charge < -0.3 is 5.32 Å². The molecule has 0 spiro atoms. The van der Waals surface area contributed by atoms with E-state index in [1.54, 1.807) is 30.5 Å². The van der Waals surface area contributed by atoms with Crippen molar-refractivity contribution in [1.82, 2.24) is 20.2 Å². The highest BCUT2D eigenvalue weighted by Gasteiger charge is 2.19. The monoisotopic (exact) mass is 466 g/mol. The Bertz CT molecular complexity index is 1800. The summed E-state index contributed by atoms with van der Waals surface area (Å²) < 4.78 is 29.2. The summed E-state index contributed by atoms with van der Waals surface area (Å²) in [5.41, 5.74) is 2.78. The van der Waals surface area contributed by atoms with Gasteiger partial charge in [0.15, 0.2) is 11.6 Å². The first kappa shape index (κ1) is 20.1. The third kappa shape index (κ3) is 3.67. The van der Waals surface area contributed by atoms with Crippen LogP contribution >= 0.6 is 0 Å². The van der Waals surface area contributed by atoms with Crippen LogP contribution in [0.5, 0.6) is 0 Å². The quantitative estimate of drug-likeness (QED) is 0.322. The number of aromatic amines is 1. The lowest BCUT2D eigenvalue weighted by Gasteiger charge is -2.14. The van der Waals surface area contributed by atoms with Crippen molar-refractivity contribution in [1.29, 1.82) is 0 Å². The summed E-state index contributed by atoms with van der Waals surface area (Å²) in [5.74, 6) is 0.401. The largest absolute Gasteiger partial charge is 0.337 e. The molecule has 3 N–H and O–H groups in total. The Hall–Kier alpha value is -4.50. The molecule has 0 amide bonds. The van der Waals surface area contributed by atoms with Crippen molar-refractivity contribution in [3.63, 3.8) is 0 Å². The number of para-hydroxylation sites is 2. The summed E-state index contributed by atoms with van der Waals surface area (Å²) in [6.45, 7) is 0. The molecule has 9 heteroatoms. The predicted octanol–water partition coefficient (Wildman–Crippen LogP) is 5.20. The Morgan fingerprint density at radius 3 is 2.24 bits per heavy atom. The number of H-pyrrole nitrogens is 1. The van der Waals surface area contributed by atoms with Gasteiger partial charge in [-0.25, -0.2) is 18.4 Å². The van der Waals surface area contributed by atoms with E-state index in [1.165, 1.54) is 0 Å². The second-order valence-corrected chi connectivity index (χ2v) is 9.50. The SMILES string of the molecule is O=S(=O)(Nc1nc2ccccc2nc1Nc1ccc2cn[nH]c2c1)c1ccc2ccccc2c1. The number of sulfonamides is 1. The molecule has 166 valence electrons. The molecule has 0 aliphatic carbocycles. The molecule has 2 heterocycles. The van der Waals surface area contributed by atoms with E-state index < -0.39 is 10.0 Å². The molecule has 6 rings (SSSR count). The number of nitrogens with zero attached hydrogens (tertiary/aromatic N) is 3. The van der Waals surface area contributed by atoms with E-state index in [2.05, 4.69) is 30.2 Å². The molecule has 0 atom stereocenters. The highest BCUT2D eigenvalue weighted by atomic mass is 32.2. The highest BCUT2D eigenvalue weighted by Crippen LogP contribution is 2.29. The highest BCUT2D eigenvalue weighted by molar-refractivity contribution is 7.92. The van der Waals surface area contributed by atoms with Gasteiger partial charge in [-0.2, -0.15) is 5.10 Å². The lowest BCUT2D eigenvalue weighted by atomic mass is 10.1. The fourth-order valence-corrected chi connectivity index (χ4v) is 4.87. The second-order valence-electron chi connectivity index (χ2n) is 7.82. The minimum Gasteiger partial charge on any atom is -0.337 e. The topological polar surface area (TPSA) is 113 Å². The van der Waals surface area contributed by atoms with E-state index >= 15 is 0 Å². The number of anilines is 3. The van der Waals surface area contributed by atoms with E-state index in [0.29, 0.717) is 22.5 Å². The molecule has 0 bridgehead atoms. The molecule has 0 saturated heterocycles. The van der Waals surface area contributed by atoms with Gasteiger partial charge in [-0.3, -0.25) is 9.82 Å². The van der Waals surface area contributed by atoms with Crippen LogP contribution < -0.4 is 10.0 Å². The molecule has 0 fully saturated rings. The molecule has 8 nitrogen and oxygen atoms in total. The smallest absolute Gasteiger partial charge is 0.263 e. The minimum absolute atomic E-state index is 0.108. The van der Waals surface area contributed by atoms with Gasteiger partial charge in [-0.05, 0) is 53.2 Å². The van der Waals surface area contributed by atoms with Crippen LogP contribution in [-0.4, -0.2) is 28.6 Å². The Kier molecular flexibility index (Phi) is 4.63. The molecule has 34 heavy (non-hydrogen) atoms. The van der Waals surface area contributed by atoms with E-state index in [-0.39, 0.29) is 10.7 Å². The van der Waals surface area contributed by atoms with Gasteiger partial charge in [0.05, 0.1) is 27.6 Å². The van der Waals surface area contributed by atoms with Crippen molar-refractivity contribution in [2.24, 2.45) is 0 Å². The Balaban J connectivity index is 1.42. The zero-order valence-electron chi connectivity index (χ0n) is 17.7. The number of fused-ring (bicyclic) bond motifs is 3. The van der Waals surface area contributed by atoms with Crippen molar-refractivity contribution in [2.45, 2.75) is 4.90 Å². The summed E-state index contributed by atoms with van der Waals surface area (Å²) in [7, 11) is -3.92. The number of benzene rings is 4. The number of hydrogen-bond donors (Lipinski definition) is 3. The summed E-state index contributed by atoms with van der Waals surface area (Å²) in [4.78, 5) is 9.35. The molecule has 4 aromatic carbocycles. The molecule has 0 aliphatic heterocycles. The van der Waals surface area contributed by atoms with Crippen LogP contribution in [0.3, 0.4) is 0 Å². The number of hydrogen-bond acceptors (Lipinski definition) is 6. The molecule has 0 unspecified atom stereocenters. The number of aromatic nitrogens is 4. The van der Waals surface area contributed by atoms with Crippen LogP contribution in [0.15, 0.2) is 96.0 Å². The van der Waals surface area contributed by atoms with Crippen molar-refractivity contribution in [3.8, 4) is 0 Å². The van der Waals surface area contributed by atoms with Crippen LogP contribution in [-0.2, 0) is 10.0 Å². The first-order valence-corrected chi connectivity index (χ1v) is 12.0. The van der Waals surface area contributed by atoms with Crippen LogP contribution in [0.25, 0.3) is 32.7 Å². The van der Waals surface area contributed by atoms with Crippen LogP contribution in [0.4, 0.5) is 17.3 Å². The molecular formula is C25H18N6O2S. The summed E-state index contributed by atoms with van der Waals surface area (Å²) in [5, 5.41) is 12.9. The maximum Gasteiger partial charge on any atom is 0.263 e. The third-order valence-corrected chi connectivity index (χ3v) is 6.87. The zero-order chi connectivity index (χ0) is 23.1. The van der Waals surface area contributed by atoms with Gasteiger partial charge in [-0.15, -0.1) is 0 Å². The van der Waals surface area contributed by atoms with E-state index in [0.717, 1.165) is 21.7 Å². The lowest BCUT2D eigenvalue weighted by Crippen LogP contribution is -2.16. The van der Waals surface area contributed by atoms with Crippen molar-refractivity contribution < 1.29 is 8.42 Å². The number of rotatable bonds is 5. The molecular weight excluding hydrogens is 448 g/mol. The van der Waals surface area contributed by atoms with Crippen molar-refractivity contribution in [2.75, 3.05) is 10.0 Å². The van der Waals surface area contributed by atoms with Gasteiger partial charge in [0.1, 0.15) is 0 Å². The first-order chi connectivity index (χ1) is 16.5. The Morgan fingerprint density at radius 1 is 0.706 bits per heavy atom. The average Bonchev–Trinajstić information content (AvgIpc) is 3.32. The number of nitrogens with one attached hydrogen (secondary N) is 3. The molecule has 2 aromatic heterocycles. The average molecular weight is 467 g/mol. The van der Waals surface area contributed by atoms with Gasteiger partial charge in [0.2, 0.25) is 0 Å². The second kappa shape index (κ2) is 7.82. The Labute approximate surface area is 194 Å². The Morgan fingerprint density at radius 2 is 1.41 bits per heavy atom. The standard InChI is InChI=1S/C25H18N6O2S/c32-34(33,20-12-10-16-5-1-2-6-17(16)13-20)31-25-24(28-21-7-3-4-8-22(21)29-25)27-19-11-9-18-15-26-30-23(18)14-19/h1-15H,(H,26,30)(H,27,28)(H,29,31). The summed E-state index contributed by atoms with van der Waals surface area (Å²) in [6, 6.07) is 25.6. The van der Waals surface area contributed by atoms with Crippen LogP contribution in [0, 0.1) is 0 Å². The van der Waals surface area contributed by atoms with Gasteiger partial charge in [0, 0.05) is 11.1 Å². The lowest BCUT2D eigenvalue weighted by molar-refractivity contribution is 0.601. The molecule has 0 saturated carbocycles. The molecule has 0 aliphatic rings. The molecule has 6 aromatic rings. The van der Waals surface area contributed by atoms with Gasteiger partial charge in [0.25, 0.3) is 10.0 Å². The summed E-state index contributed by atoms with van der Waals surface area (Å²) in [6.07, 6.45) is 1.73. The fourth-order valence-electron chi connectivity index (χ4n) is 3.83. The van der Waals surface area contributed by atoms with E-state index in [4.69, 9.17) is 0 Å². The minimum atomic E-state index is -3.92. The zero-order valence-corrected chi connectivity index (χ0v) is 18.5. The van der Waals surface area contributed by atoms with E-state index in [1.807, 2.05) is 60.7 Å². The fraction of sp³-hybridized carbons (Fsp3) is 0. The van der Waals surface area contributed by atoms with E-state index in [9.17, 15) is 8.42 Å². The van der Waals surface area contributed by atoms with Crippen molar-refractivity contribution in [3.05, 3.63) is 91.1 Å². The van der Waals surface area contributed by atoms with Crippen LogP contribution in [0.2, 0.25) is 0 Å². The third-order valence-electron chi connectivity index (χ3n) is 5.54. The maximum absolute atomic E-state index is 13.3. The van der Waals surface area contributed by atoms with Crippen molar-refractivity contribution >= 4 is 60.1 Å².